The standard InChI is InChI=1S/C26H30O10/c1-2-22(27)33-15-34-24(30)17-9-13-21(14-10-17)36-26(32)19-5-3-18(4-6-19)25(31)35-20-11-7-16(8-12-20)23(28)29/h2-6,16-17,20-21H,1,7-15H2,(H,28,29). The Morgan fingerprint density at radius 1 is 0.750 bits per heavy atom. The summed E-state index contributed by atoms with van der Waals surface area (Å²) in [6.45, 7) is 2.79. The topological polar surface area (TPSA) is 142 Å². The molecule has 1 aromatic carbocycles. The molecule has 0 heterocycles. The molecule has 0 radical (unpaired) electrons. The predicted octanol–water partition coefficient (Wildman–Crippen LogP) is 3.43. The minimum Gasteiger partial charge on any atom is -0.481 e. The van der Waals surface area contributed by atoms with Gasteiger partial charge in [-0.25, -0.2) is 14.4 Å². The second-order valence-corrected chi connectivity index (χ2v) is 8.92. The summed E-state index contributed by atoms with van der Waals surface area (Å²) in [6.07, 6.45) is 4.24. The van der Waals surface area contributed by atoms with Crippen LogP contribution < -0.4 is 0 Å². The van der Waals surface area contributed by atoms with E-state index >= 15 is 0 Å². The van der Waals surface area contributed by atoms with E-state index in [0.29, 0.717) is 62.5 Å². The van der Waals surface area contributed by atoms with Crippen molar-refractivity contribution in [3.63, 3.8) is 0 Å². The quantitative estimate of drug-likeness (QED) is 0.231. The molecular weight excluding hydrogens is 472 g/mol. The Morgan fingerprint density at radius 2 is 1.19 bits per heavy atom. The van der Waals surface area contributed by atoms with Crippen LogP contribution in [0.25, 0.3) is 0 Å². The zero-order chi connectivity index (χ0) is 26.1. The van der Waals surface area contributed by atoms with Crippen molar-refractivity contribution in [2.24, 2.45) is 11.8 Å². The molecule has 10 nitrogen and oxygen atoms in total. The van der Waals surface area contributed by atoms with Crippen molar-refractivity contribution in [1.82, 2.24) is 0 Å². The highest BCUT2D eigenvalue weighted by Gasteiger charge is 2.30. The molecule has 0 saturated heterocycles. The van der Waals surface area contributed by atoms with Gasteiger partial charge >= 0.3 is 29.8 Å². The fourth-order valence-electron chi connectivity index (χ4n) is 4.35. The minimum absolute atomic E-state index is 0.291. The van der Waals surface area contributed by atoms with E-state index in [9.17, 15) is 24.0 Å². The van der Waals surface area contributed by atoms with Crippen LogP contribution in [0.2, 0.25) is 0 Å². The van der Waals surface area contributed by atoms with Crippen molar-refractivity contribution in [1.29, 1.82) is 0 Å². The Morgan fingerprint density at radius 3 is 1.61 bits per heavy atom. The molecule has 0 aromatic heterocycles. The minimum atomic E-state index is -0.818. The Hall–Kier alpha value is -3.69. The van der Waals surface area contributed by atoms with Crippen molar-refractivity contribution in [3.05, 3.63) is 48.0 Å². The van der Waals surface area contributed by atoms with E-state index in [1.165, 1.54) is 24.3 Å². The van der Waals surface area contributed by atoms with Crippen LogP contribution in [-0.4, -0.2) is 54.0 Å². The Kier molecular flexibility index (Phi) is 9.61. The molecule has 0 amide bonds. The number of hydrogen-bond donors (Lipinski definition) is 1. The third-order valence-electron chi connectivity index (χ3n) is 6.50. The molecule has 3 rings (SSSR count). The van der Waals surface area contributed by atoms with Crippen LogP contribution in [-0.2, 0) is 33.3 Å². The van der Waals surface area contributed by atoms with Crippen molar-refractivity contribution >= 4 is 29.8 Å². The van der Waals surface area contributed by atoms with Crippen LogP contribution >= 0.6 is 0 Å². The molecule has 0 bridgehead atoms. The number of carbonyl (C=O) groups excluding carboxylic acids is 4. The number of carboxylic acid groups (broad SMARTS) is 1. The Balaban J connectivity index is 1.40. The number of esters is 4. The molecule has 0 unspecified atom stereocenters. The van der Waals surface area contributed by atoms with E-state index < -0.39 is 36.6 Å². The first-order chi connectivity index (χ1) is 17.3. The molecule has 0 spiro atoms. The summed E-state index contributed by atoms with van der Waals surface area (Å²) in [5.74, 6) is -3.74. The van der Waals surface area contributed by atoms with Gasteiger partial charge in [0.1, 0.15) is 12.2 Å². The van der Waals surface area contributed by atoms with Crippen LogP contribution in [0.1, 0.15) is 72.1 Å². The monoisotopic (exact) mass is 502 g/mol. The molecule has 2 fully saturated rings. The maximum Gasteiger partial charge on any atom is 0.338 e. The number of carboxylic acids is 1. The lowest BCUT2D eigenvalue weighted by atomic mass is 9.87. The Labute approximate surface area is 208 Å². The van der Waals surface area contributed by atoms with Gasteiger partial charge in [0, 0.05) is 6.08 Å². The normalized spacial score (nSPS) is 23.6. The number of ether oxygens (including phenoxy) is 4. The van der Waals surface area contributed by atoms with Gasteiger partial charge in [-0.1, -0.05) is 6.58 Å². The highest BCUT2D eigenvalue weighted by Crippen LogP contribution is 2.29. The number of carbonyl (C=O) groups is 5. The van der Waals surface area contributed by atoms with Gasteiger partial charge in [-0.3, -0.25) is 9.59 Å². The molecule has 1 aromatic rings. The molecular formula is C26H30O10. The van der Waals surface area contributed by atoms with Gasteiger partial charge in [-0.15, -0.1) is 0 Å². The van der Waals surface area contributed by atoms with E-state index in [1.807, 2.05) is 0 Å². The molecule has 2 aliphatic carbocycles. The molecule has 2 saturated carbocycles. The summed E-state index contributed by atoms with van der Waals surface area (Å²) in [5, 5.41) is 9.06. The summed E-state index contributed by atoms with van der Waals surface area (Å²) in [5.41, 5.74) is 0.587. The van der Waals surface area contributed by atoms with Gasteiger partial charge in [-0.05, 0) is 75.6 Å². The van der Waals surface area contributed by atoms with Crippen LogP contribution in [0.3, 0.4) is 0 Å². The smallest absolute Gasteiger partial charge is 0.338 e. The SMILES string of the molecule is C=CC(=O)OCOC(=O)C1CCC(OC(=O)c2ccc(C(=O)OC3CCC(C(=O)O)CC3)cc2)CC1. The van der Waals surface area contributed by atoms with Crippen LogP contribution in [0.5, 0.6) is 0 Å². The van der Waals surface area contributed by atoms with Gasteiger partial charge in [0.2, 0.25) is 6.79 Å². The molecule has 10 heteroatoms. The third kappa shape index (κ3) is 7.66. The molecule has 194 valence electrons. The second-order valence-electron chi connectivity index (χ2n) is 8.92. The van der Waals surface area contributed by atoms with Crippen molar-refractivity contribution < 1.29 is 48.0 Å². The highest BCUT2D eigenvalue weighted by atomic mass is 16.7. The summed E-state index contributed by atoms with van der Waals surface area (Å²) < 4.78 is 20.6. The van der Waals surface area contributed by atoms with Crippen LogP contribution in [0.15, 0.2) is 36.9 Å². The van der Waals surface area contributed by atoms with E-state index in [4.69, 9.17) is 19.3 Å². The van der Waals surface area contributed by atoms with E-state index in [2.05, 4.69) is 11.3 Å². The van der Waals surface area contributed by atoms with Crippen molar-refractivity contribution in [2.75, 3.05) is 6.79 Å². The molecule has 36 heavy (non-hydrogen) atoms. The van der Waals surface area contributed by atoms with Gasteiger partial charge in [-0.2, -0.15) is 0 Å². The van der Waals surface area contributed by atoms with Gasteiger partial charge in [0.05, 0.1) is 23.0 Å². The lowest BCUT2D eigenvalue weighted by Crippen LogP contribution is -2.29. The van der Waals surface area contributed by atoms with Gasteiger partial charge in [0.25, 0.3) is 0 Å². The zero-order valence-corrected chi connectivity index (χ0v) is 19.9. The van der Waals surface area contributed by atoms with E-state index in [1.54, 1.807) is 0 Å². The van der Waals surface area contributed by atoms with Crippen LogP contribution in [0, 0.1) is 11.8 Å². The molecule has 2 aliphatic rings. The maximum atomic E-state index is 12.5. The predicted molar refractivity (Wildman–Crippen MR) is 124 cm³/mol. The van der Waals surface area contributed by atoms with Gasteiger partial charge in [0.15, 0.2) is 0 Å². The van der Waals surface area contributed by atoms with E-state index in [0.717, 1.165) is 6.08 Å². The van der Waals surface area contributed by atoms with Crippen molar-refractivity contribution in [3.8, 4) is 0 Å². The Bertz CT molecular complexity index is 967. The highest BCUT2D eigenvalue weighted by molar-refractivity contribution is 5.93. The summed E-state index contributed by atoms with van der Waals surface area (Å²) in [7, 11) is 0. The summed E-state index contributed by atoms with van der Waals surface area (Å²) >= 11 is 0. The lowest BCUT2D eigenvalue weighted by molar-refractivity contribution is -0.168. The third-order valence-corrected chi connectivity index (χ3v) is 6.50. The number of benzene rings is 1. The fraction of sp³-hybridized carbons (Fsp3) is 0.500. The molecule has 0 atom stereocenters. The number of hydrogen-bond acceptors (Lipinski definition) is 9. The summed E-state index contributed by atoms with van der Waals surface area (Å²) in [6, 6.07) is 5.98. The average molecular weight is 503 g/mol. The van der Waals surface area contributed by atoms with Crippen molar-refractivity contribution in [2.45, 2.75) is 63.6 Å². The maximum absolute atomic E-state index is 12.5. The van der Waals surface area contributed by atoms with Crippen LogP contribution in [0.4, 0.5) is 0 Å². The molecule has 1 N–H and O–H groups in total. The first-order valence-electron chi connectivity index (χ1n) is 12.0. The summed E-state index contributed by atoms with van der Waals surface area (Å²) in [4.78, 5) is 59.0. The largest absolute Gasteiger partial charge is 0.481 e. The lowest BCUT2D eigenvalue weighted by Gasteiger charge is -2.27. The first-order valence-corrected chi connectivity index (χ1v) is 12.0. The van der Waals surface area contributed by atoms with E-state index in [-0.39, 0.29) is 24.0 Å². The van der Waals surface area contributed by atoms with Gasteiger partial charge < -0.3 is 24.1 Å². The number of aliphatic carboxylic acids is 1. The zero-order valence-electron chi connectivity index (χ0n) is 19.9. The average Bonchev–Trinajstić information content (AvgIpc) is 2.89. The first kappa shape index (κ1) is 26.9. The second kappa shape index (κ2) is 12.9. The fourth-order valence-corrected chi connectivity index (χ4v) is 4.35. The molecule has 0 aliphatic heterocycles. The number of rotatable bonds is 9.